The Morgan fingerprint density at radius 1 is 0.966 bits per heavy atom. The zero-order valence-electron chi connectivity index (χ0n) is 16.5. The van der Waals surface area contributed by atoms with Crippen molar-refractivity contribution >= 4 is 23.0 Å². The van der Waals surface area contributed by atoms with Crippen LogP contribution in [-0.4, -0.2) is 32.1 Å². The maximum Gasteiger partial charge on any atom is 0.360 e. The van der Waals surface area contributed by atoms with Crippen LogP contribution in [0.2, 0.25) is 0 Å². The molecule has 0 saturated carbocycles. The van der Waals surface area contributed by atoms with Crippen molar-refractivity contribution in [2.45, 2.75) is 0 Å². The Kier molecular flexibility index (Phi) is 6.42. The molecule has 0 radical (unpaired) electrons. The zero-order chi connectivity index (χ0) is 20.6. The van der Waals surface area contributed by atoms with Crippen molar-refractivity contribution in [2.75, 3.05) is 26.6 Å². The Hall–Kier alpha value is -3.87. The van der Waals surface area contributed by atoms with Crippen LogP contribution in [-0.2, 0) is 9.53 Å². The van der Waals surface area contributed by atoms with Gasteiger partial charge in [-0.3, -0.25) is 0 Å². The summed E-state index contributed by atoms with van der Waals surface area (Å²) in [6.07, 6.45) is 7.30. The van der Waals surface area contributed by atoms with E-state index in [2.05, 4.69) is 15.5 Å². The van der Waals surface area contributed by atoms with Crippen LogP contribution in [0.1, 0.15) is 0 Å². The predicted molar refractivity (Wildman–Crippen MR) is 112 cm³/mol. The van der Waals surface area contributed by atoms with E-state index in [9.17, 15) is 4.79 Å². The van der Waals surface area contributed by atoms with E-state index in [1.807, 2.05) is 73.9 Å². The molecule has 1 heterocycles. The molecule has 3 rings (SSSR count). The Morgan fingerprint density at radius 2 is 1.62 bits per heavy atom. The van der Waals surface area contributed by atoms with Gasteiger partial charge in [-0.1, -0.05) is 6.08 Å². The first-order chi connectivity index (χ1) is 14.1. The third kappa shape index (κ3) is 5.10. The molecule has 29 heavy (non-hydrogen) atoms. The van der Waals surface area contributed by atoms with Crippen LogP contribution in [0.3, 0.4) is 0 Å². The van der Waals surface area contributed by atoms with Gasteiger partial charge in [0.05, 0.1) is 25.6 Å². The number of nitrogens with zero attached hydrogens (tertiary/aromatic N) is 3. The first-order valence-electron chi connectivity index (χ1n) is 8.94. The third-order valence-corrected chi connectivity index (χ3v) is 4.19. The summed E-state index contributed by atoms with van der Waals surface area (Å²) in [5, 5.41) is 11.6. The minimum Gasteiger partial charge on any atom is -0.497 e. The second-order valence-electron chi connectivity index (χ2n) is 6.14. The molecule has 0 fully saturated rings. The number of esters is 1. The molecule has 0 unspecified atom stereocenters. The molecule has 7 heteroatoms. The summed E-state index contributed by atoms with van der Waals surface area (Å²) in [5.41, 5.74) is 3.21. The summed E-state index contributed by atoms with van der Waals surface area (Å²) in [6.45, 7) is 0. The molecular weight excluding hydrogens is 368 g/mol. The number of hydrogen-bond donors (Lipinski definition) is 1. The molecule has 0 bridgehead atoms. The van der Waals surface area contributed by atoms with Gasteiger partial charge in [0, 0.05) is 24.6 Å². The number of benzene rings is 2. The van der Waals surface area contributed by atoms with E-state index >= 15 is 0 Å². The molecule has 148 valence electrons. The molecule has 0 amide bonds. The molecule has 0 spiro atoms. The summed E-state index contributed by atoms with van der Waals surface area (Å²) >= 11 is 0. The highest BCUT2D eigenvalue weighted by molar-refractivity contribution is 5.89. The standard InChI is InChI=1S/C22H22N4O3/c1-26-15-5-4-6-20(26)21(22(27)29-3)25-24-18-9-7-16(8-10-18)23-17-11-13-19(28-2)14-12-17/h4-15,23H,1-3H3/b21-20-,25-24?. The lowest BCUT2D eigenvalue weighted by molar-refractivity contribution is -0.136. The van der Waals surface area contributed by atoms with Crippen LogP contribution in [0.25, 0.3) is 0 Å². The summed E-state index contributed by atoms with van der Waals surface area (Å²) < 4.78 is 10.0. The summed E-state index contributed by atoms with van der Waals surface area (Å²) in [5.74, 6) is 0.254. The van der Waals surface area contributed by atoms with Crippen molar-refractivity contribution < 1.29 is 14.3 Å². The normalized spacial score (nSPS) is 14.8. The number of allylic oxidation sites excluding steroid dienone is 3. The number of likely N-dealkylation sites (N-methyl/N-ethyl adjacent to an activating group) is 1. The van der Waals surface area contributed by atoms with Gasteiger partial charge in [-0.05, 0) is 60.7 Å². The van der Waals surface area contributed by atoms with E-state index in [0.717, 1.165) is 17.1 Å². The zero-order valence-corrected chi connectivity index (χ0v) is 16.5. The van der Waals surface area contributed by atoms with E-state index in [0.29, 0.717) is 11.4 Å². The van der Waals surface area contributed by atoms with Gasteiger partial charge in [0.1, 0.15) is 5.75 Å². The fourth-order valence-corrected chi connectivity index (χ4v) is 2.62. The van der Waals surface area contributed by atoms with E-state index in [1.165, 1.54) is 7.11 Å². The van der Waals surface area contributed by atoms with Crippen LogP contribution in [0.5, 0.6) is 5.75 Å². The number of rotatable bonds is 6. The van der Waals surface area contributed by atoms with Gasteiger partial charge < -0.3 is 19.7 Å². The van der Waals surface area contributed by atoms with Crippen LogP contribution < -0.4 is 10.1 Å². The molecule has 0 atom stereocenters. The maximum absolute atomic E-state index is 12.1. The third-order valence-electron chi connectivity index (χ3n) is 4.19. The molecule has 0 aromatic heterocycles. The molecule has 2 aromatic rings. The maximum atomic E-state index is 12.1. The molecular formula is C22H22N4O3. The Labute approximate surface area is 169 Å². The molecule has 1 aliphatic heterocycles. The highest BCUT2D eigenvalue weighted by Crippen LogP contribution is 2.24. The first-order valence-corrected chi connectivity index (χ1v) is 8.94. The van der Waals surface area contributed by atoms with Crippen molar-refractivity contribution in [3.63, 3.8) is 0 Å². The topological polar surface area (TPSA) is 75.5 Å². The highest BCUT2D eigenvalue weighted by atomic mass is 16.5. The fourth-order valence-electron chi connectivity index (χ4n) is 2.62. The predicted octanol–water partition coefficient (Wildman–Crippen LogP) is 4.92. The number of ether oxygens (including phenoxy) is 2. The van der Waals surface area contributed by atoms with E-state index < -0.39 is 5.97 Å². The highest BCUT2D eigenvalue weighted by Gasteiger charge is 2.17. The minimum atomic E-state index is -0.548. The SMILES string of the molecule is COC(=O)/C(N=Nc1ccc(Nc2ccc(OC)cc2)cc1)=C1\C=CC=CN1C. The summed E-state index contributed by atoms with van der Waals surface area (Å²) in [4.78, 5) is 13.9. The Morgan fingerprint density at radius 3 is 2.21 bits per heavy atom. The second-order valence-corrected chi connectivity index (χ2v) is 6.14. The van der Waals surface area contributed by atoms with Crippen LogP contribution in [0, 0.1) is 0 Å². The van der Waals surface area contributed by atoms with Crippen molar-refractivity contribution in [3.8, 4) is 5.75 Å². The lowest BCUT2D eigenvalue weighted by Gasteiger charge is -2.19. The average molecular weight is 390 g/mol. The number of nitrogens with one attached hydrogen (secondary N) is 1. The first kappa shape index (κ1) is 19.9. The minimum absolute atomic E-state index is 0.135. The molecule has 0 aliphatic carbocycles. The Balaban J connectivity index is 1.75. The van der Waals surface area contributed by atoms with Crippen molar-refractivity contribution in [1.82, 2.24) is 4.90 Å². The van der Waals surface area contributed by atoms with Gasteiger partial charge in [0.25, 0.3) is 0 Å². The molecule has 7 nitrogen and oxygen atoms in total. The fraction of sp³-hybridized carbons (Fsp3) is 0.136. The van der Waals surface area contributed by atoms with E-state index in [4.69, 9.17) is 9.47 Å². The number of anilines is 2. The van der Waals surface area contributed by atoms with Gasteiger partial charge >= 0.3 is 5.97 Å². The number of carbonyl (C=O) groups excluding carboxylic acids is 1. The van der Waals surface area contributed by atoms with E-state index in [1.54, 1.807) is 18.1 Å². The molecule has 2 aromatic carbocycles. The van der Waals surface area contributed by atoms with Crippen molar-refractivity contribution in [1.29, 1.82) is 0 Å². The second kappa shape index (κ2) is 9.36. The number of hydrogen-bond acceptors (Lipinski definition) is 7. The van der Waals surface area contributed by atoms with Crippen LogP contribution >= 0.6 is 0 Å². The quantitative estimate of drug-likeness (QED) is 0.430. The molecule has 0 saturated heterocycles. The van der Waals surface area contributed by atoms with Gasteiger partial charge in [-0.25, -0.2) is 4.79 Å². The van der Waals surface area contributed by atoms with Crippen molar-refractivity contribution in [3.05, 3.63) is 84.4 Å². The largest absolute Gasteiger partial charge is 0.497 e. The summed E-state index contributed by atoms with van der Waals surface area (Å²) in [7, 11) is 4.78. The molecule has 1 aliphatic rings. The van der Waals surface area contributed by atoms with Gasteiger partial charge in [0.2, 0.25) is 0 Å². The number of azo groups is 1. The number of carbonyl (C=O) groups is 1. The smallest absolute Gasteiger partial charge is 0.360 e. The van der Waals surface area contributed by atoms with Gasteiger partial charge in [-0.2, -0.15) is 5.11 Å². The molecule has 1 N–H and O–H groups in total. The van der Waals surface area contributed by atoms with Gasteiger partial charge in [0.15, 0.2) is 5.70 Å². The van der Waals surface area contributed by atoms with Crippen molar-refractivity contribution in [2.24, 2.45) is 10.2 Å². The van der Waals surface area contributed by atoms with Gasteiger partial charge in [-0.15, -0.1) is 5.11 Å². The number of methoxy groups -OCH3 is 2. The lowest BCUT2D eigenvalue weighted by Crippen LogP contribution is -2.16. The Bertz CT molecular complexity index is 974. The lowest BCUT2D eigenvalue weighted by atomic mass is 10.2. The summed E-state index contributed by atoms with van der Waals surface area (Å²) in [6, 6.07) is 15.0. The van der Waals surface area contributed by atoms with E-state index in [-0.39, 0.29) is 5.70 Å². The monoisotopic (exact) mass is 390 g/mol. The average Bonchev–Trinajstić information content (AvgIpc) is 2.76. The van der Waals surface area contributed by atoms with Crippen LogP contribution in [0.15, 0.2) is 94.6 Å². The van der Waals surface area contributed by atoms with Crippen LogP contribution in [0.4, 0.5) is 17.1 Å².